The van der Waals surface area contributed by atoms with Gasteiger partial charge in [0.15, 0.2) is 0 Å². The fourth-order valence-electron chi connectivity index (χ4n) is 2.06. The van der Waals surface area contributed by atoms with Gasteiger partial charge >= 0.3 is 0 Å². The van der Waals surface area contributed by atoms with Gasteiger partial charge in [0.05, 0.1) is 0 Å². The summed E-state index contributed by atoms with van der Waals surface area (Å²) in [5, 5.41) is 3.47. The number of nitrogens with zero attached hydrogens (tertiary/aromatic N) is 1. The lowest BCUT2D eigenvalue weighted by Gasteiger charge is -2.34. The van der Waals surface area contributed by atoms with E-state index in [1.807, 2.05) is 0 Å². The van der Waals surface area contributed by atoms with Crippen LogP contribution in [0.15, 0.2) is 0 Å². The number of unbranched alkanes of at least 4 members (excludes halogenated alkanes) is 2. The second kappa shape index (κ2) is 7.24. The molecule has 0 unspecified atom stereocenters. The lowest BCUT2D eigenvalue weighted by atomic mass is 9.92. The van der Waals surface area contributed by atoms with Crippen LogP contribution < -0.4 is 5.32 Å². The van der Waals surface area contributed by atoms with Crippen LogP contribution in [0.4, 0.5) is 0 Å². The van der Waals surface area contributed by atoms with Gasteiger partial charge in [-0.1, -0.05) is 26.7 Å². The first-order valence-electron chi connectivity index (χ1n) is 6.64. The van der Waals surface area contributed by atoms with Gasteiger partial charge in [0.25, 0.3) is 0 Å². The summed E-state index contributed by atoms with van der Waals surface area (Å²) in [4.78, 5) is 2.55. The summed E-state index contributed by atoms with van der Waals surface area (Å²) in [6.45, 7) is 6.91. The van der Waals surface area contributed by atoms with Crippen LogP contribution in [-0.4, -0.2) is 37.1 Å². The minimum Gasteiger partial charge on any atom is -0.315 e. The van der Waals surface area contributed by atoms with Crippen molar-refractivity contribution in [2.45, 2.75) is 64.5 Å². The van der Waals surface area contributed by atoms with Gasteiger partial charge in [-0.2, -0.15) is 0 Å². The van der Waals surface area contributed by atoms with E-state index in [1.54, 1.807) is 0 Å². The Morgan fingerprint density at radius 1 is 1.20 bits per heavy atom. The van der Waals surface area contributed by atoms with Gasteiger partial charge in [0.2, 0.25) is 0 Å². The highest BCUT2D eigenvalue weighted by Gasteiger charge is 2.20. The molecular weight excluding hydrogens is 184 g/mol. The second-order valence-electron chi connectivity index (χ2n) is 5.23. The predicted octanol–water partition coefficient (Wildman–Crippen LogP) is 2.64. The molecule has 2 nitrogen and oxygen atoms in total. The molecular formula is C13H28N2. The average Bonchev–Trinajstić information content (AvgIpc) is 2.07. The molecule has 1 rings (SSSR count). The van der Waals surface area contributed by atoms with Crippen molar-refractivity contribution in [2.24, 2.45) is 0 Å². The molecule has 15 heavy (non-hydrogen) atoms. The Balaban J connectivity index is 1.83. The van der Waals surface area contributed by atoms with E-state index in [-0.39, 0.29) is 0 Å². The van der Waals surface area contributed by atoms with Crippen LogP contribution in [0.5, 0.6) is 0 Å². The monoisotopic (exact) mass is 212 g/mol. The molecule has 0 aromatic rings. The van der Waals surface area contributed by atoms with Crippen molar-refractivity contribution in [3.05, 3.63) is 0 Å². The van der Waals surface area contributed by atoms with Gasteiger partial charge in [-0.25, -0.2) is 0 Å². The summed E-state index contributed by atoms with van der Waals surface area (Å²) in [6, 6.07) is 1.56. The Kier molecular flexibility index (Phi) is 6.26. The molecule has 1 aliphatic carbocycles. The molecule has 0 aromatic heterocycles. The molecule has 0 aromatic carbocycles. The molecule has 0 heterocycles. The van der Waals surface area contributed by atoms with Crippen molar-refractivity contribution in [1.29, 1.82) is 0 Å². The summed E-state index contributed by atoms with van der Waals surface area (Å²) in [6.07, 6.45) is 8.39. The van der Waals surface area contributed by atoms with E-state index < -0.39 is 0 Å². The van der Waals surface area contributed by atoms with Crippen LogP contribution >= 0.6 is 0 Å². The van der Waals surface area contributed by atoms with E-state index in [1.165, 1.54) is 51.6 Å². The van der Waals surface area contributed by atoms with Gasteiger partial charge in [-0.15, -0.1) is 0 Å². The Labute approximate surface area is 95.4 Å². The average molecular weight is 212 g/mol. The quantitative estimate of drug-likeness (QED) is 0.622. The lowest BCUT2D eigenvalue weighted by Crippen LogP contribution is -2.37. The smallest absolute Gasteiger partial charge is 0.00922 e. The fourth-order valence-corrected chi connectivity index (χ4v) is 2.06. The first-order valence-corrected chi connectivity index (χ1v) is 6.64. The zero-order valence-corrected chi connectivity index (χ0v) is 10.8. The third-order valence-electron chi connectivity index (χ3n) is 3.44. The molecule has 1 N–H and O–H groups in total. The topological polar surface area (TPSA) is 15.3 Å². The highest BCUT2D eigenvalue weighted by molar-refractivity contribution is 4.77. The molecule has 1 fully saturated rings. The number of hydrogen-bond acceptors (Lipinski definition) is 2. The minimum absolute atomic E-state index is 0.641. The maximum absolute atomic E-state index is 3.47. The summed E-state index contributed by atoms with van der Waals surface area (Å²) in [5.41, 5.74) is 0. The number of hydrogen-bond donors (Lipinski definition) is 1. The molecule has 0 bridgehead atoms. The molecule has 0 saturated heterocycles. The van der Waals surface area contributed by atoms with E-state index in [4.69, 9.17) is 0 Å². The minimum atomic E-state index is 0.641. The highest BCUT2D eigenvalue weighted by Crippen LogP contribution is 2.23. The third-order valence-corrected chi connectivity index (χ3v) is 3.44. The number of rotatable bonds is 8. The van der Waals surface area contributed by atoms with E-state index >= 15 is 0 Å². The van der Waals surface area contributed by atoms with Crippen LogP contribution in [-0.2, 0) is 0 Å². The Hall–Kier alpha value is -0.0800. The first kappa shape index (κ1) is 13.0. The fraction of sp³-hybridized carbons (Fsp3) is 1.00. The predicted molar refractivity (Wildman–Crippen MR) is 67.3 cm³/mol. The SMILES string of the molecule is CC(C)NCCCCCN(C)C1CCC1. The normalized spacial score (nSPS) is 17.4. The van der Waals surface area contributed by atoms with Gasteiger partial charge in [0.1, 0.15) is 0 Å². The van der Waals surface area contributed by atoms with E-state index in [0.717, 1.165) is 6.04 Å². The van der Waals surface area contributed by atoms with Crippen molar-refractivity contribution in [1.82, 2.24) is 10.2 Å². The van der Waals surface area contributed by atoms with Gasteiger partial charge in [-0.3, -0.25) is 0 Å². The van der Waals surface area contributed by atoms with Crippen LogP contribution in [0.25, 0.3) is 0 Å². The van der Waals surface area contributed by atoms with Crippen molar-refractivity contribution < 1.29 is 0 Å². The van der Waals surface area contributed by atoms with Crippen LogP contribution in [0.2, 0.25) is 0 Å². The molecule has 0 atom stereocenters. The molecule has 0 amide bonds. The molecule has 0 spiro atoms. The summed E-state index contributed by atoms with van der Waals surface area (Å²) < 4.78 is 0. The highest BCUT2D eigenvalue weighted by atomic mass is 15.1. The van der Waals surface area contributed by atoms with Gasteiger partial charge in [0, 0.05) is 12.1 Å². The standard InChI is InChI=1S/C13H28N2/c1-12(2)14-10-5-4-6-11-15(3)13-8-7-9-13/h12-14H,4-11H2,1-3H3. The Morgan fingerprint density at radius 2 is 1.93 bits per heavy atom. The first-order chi connectivity index (χ1) is 7.20. The maximum Gasteiger partial charge on any atom is 0.00922 e. The van der Waals surface area contributed by atoms with Crippen molar-refractivity contribution >= 4 is 0 Å². The van der Waals surface area contributed by atoms with E-state index in [0.29, 0.717) is 6.04 Å². The molecule has 0 aliphatic heterocycles. The molecule has 90 valence electrons. The van der Waals surface area contributed by atoms with E-state index in [2.05, 4.69) is 31.1 Å². The molecule has 2 heteroatoms. The van der Waals surface area contributed by atoms with Crippen molar-refractivity contribution in [2.75, 3.05) is 20.1 Å². The largest absolute Gasteiger partial charge is 0.315 e. The third kappa shape index (κ3) is 5.53. The molecule has 1 saturated carbocycles. The van der Waals surface area contributed by atoms with Gasteiger partial charge < -0.3 is 10.2 Å². The Morgan fingerprint density at radius 3 is 2.47 bits per heavy atom. The summed E-state index contributed by atoms with van der Waals surface area (Å²) >= 11 is 0. The summed E-state index contributed by atoms with van der Waals surface area (Å²) in [7, 11) is 2.29. The molecule has 0 radical (unpaired) electrons. The Bertz CT molecular complexity index is 153. The number of nitrogens with one attached hydrogen (secondary N) is 1. The van der Waals surface area contributed by atoms with Crippen LogP contribution in [0.3, 0.4) is 0 Å². The maximum atomic E-state index is 3.47. The molecule has 1 aliphatic rings. The van der Waals surface area contributed by atoms with Gasteiger partial charge in [-0.05, 0) is 45.8 Å². The lowest BCUT2D eigenvalue weighted by molar-refractivity contribution is 0.157. The second-order valence-corrected chi connectivity index (χ2v) is 5.23. The summed E-state index contributed by atoms with van der Waals surface area (Å²) in [5.74, 6) is 0. The van der Waals surface area contributed by atoms with Crippen molar-refractivity contribution in [3.63, 3.8) is 0 Å². The van der Waals surface area contributed by atoms with E-state index in [9.17, 15) is 0 Å². The van der Waals surface area contributed by atoms with Crippen LogP contribution in [0.1, 0.15) is 52.4 Å². The van der Waals surface area contributed by atoms with Crippen LogP contribution in [0, 0.1) is 0 Å². The van der Waals surface area contributed by atoms with Crippen molar-refractivity contribution in [3.8, 4) is 0 Å². The zero-order valence-electron chi connectivity index (χ0n) is 10.8. The zero-order chi connectivity index (χ0) is 11.1.